The number of carbonyl (C=O) groups is 2. The van der Waals surface area contributed by atoms with Gasteiger partial charge in [-0.05, 0) is 24.1 Å². The number of benzene rings is 2. The van der Waals surface area contributed by atoms with Gasteiger partial charge >= 0.3 is 11.9 Å². The Kier molecular flexibility index (Phi) is 10.8. The lowest BCUT2D eigenvalue weighted by atomic mass is 9.97. The van der Waals surface area contributed by atoms with Gasteiger partial charge in [-0.1, -0.05) is 64.1 Å². The molecule has 0 amide bonds. The largest absolute Gasteiger partial charge is 0.462 e. The Hall–Kier alpha value is -2.79. The van der Waals surface area contributed by atoms with Crippen LogP contribution >= 0.6 is 21.6 Å². The zero-order valence-corrected chi connectivity index (χ0v) is 18.9. The third kappa shape index (κ3) is 8.75. The average molecular weight is 484 g/mol. The molecular weight excluding hydrogens is 461 g/mol. The molecule has 0 aliphatic heterocycles. The van der Waals surface area contributed by atoms with E-state index >= 15 is 0 Å². The molecule has 0 aliphatic rings. The fourth-order valence-corrected chi connectivity index (χ4v) is 4.21. The van der Waals surface area contributed by atoms with Crippen LogP contribution in [0.25, 0.3) is 11.1 Å². The lowest BCUT2D eigenvalue weighted by Gasteiger charge is -2.13. The number of esters is 2. The van der Waals surface area contributed by atoms with E-state index in [1.165, 1.54) is 40.6 Å². The second kappa shape index (κ2) is 13.6. The van der Waals surface area contributed by atoms with E-state index in [0.717, 1.165) is 5.56 Å². The summed E-state index contributed by atoms with van der Waals surface area (Å²) in [6.07, 6.45) is 0. The van der Waals surface area contributed by atoms with E-state index in [9.17, 15) is 24.1 Å². The molecule has 0 bridgehead atoms. The Morgan fingerprint density at radius 3 is 2.38 bits per heavy atom. The average Bonchev–Trinajstić information content (AvgIpc) is 2.79. The molecule has 172 valence electrons. The summed E-state index contributed by atoms with van der Waals surface area (Å²) in [5.74, 6) is -2.00. The fraction of sp³-hybridized carbons (Fsp3) is 0.333. The molecule has 11 heteroatoms. The van der Waals surface area contributed by atoms with Gasteiger partial charge in [-0.3, -0.25) is 4.79 Å². The summed E-state index contributed by atoms with van der Waals surface area (Å²) in [7, 11) is 2.70. The van der Waals surface area contributed by atoms with Crippen LogP contribution in [0.5, 0.6) is 0 Å². The number of halogens is 1. The molecule has 0 heterocycles. The Bertz CT molecular complexity index is 914. The van der Waals surface area contributed by atoms with Crippen molar-refractivity contribution in [2.75, 3.05) is 31.3 Å². The van der Waals surface area contributed by atoms with Crippen molar-refractivity contribution in [1.29, 1.82) is 0 Å². The molecule has 8 nitrogen and oxygen atoms in total. The van der Waals surface area contributed by atoms with Crippen molar-refractivity contribution in [3.05, 3.63) is 70.0 Å². The number of ether oxygens (including phenoxy) is 2. The zero-order valence-electron chi connectivity index (χ0n) is 17.2. The van der Waals surface area contributed by atoms with Crippen molar-refractivity contribution in [2.45, 2.75) is 12.8 Å². The summed E-state index contributed by atoms with van der Waals surface area (Å²) in [5, 5.41) is 9.12. The highest BCUT2D eigenvalue weighted by Gasteiger charge is 2.22. The topological polar surface area (TPSA) is 105 Å². The third-order valence-electron chi connectivity index (χ3n) is 4.14. The molecule has 0 spiro atoms. The monoisotopic (exact) mass is 483 g/mol. The SMILES string of the molecule is CC(C(=O)OCC(=O)OCCSSCCO[N+](=O)[O-])c1ccc(-c2ccccc2)cc1F. The molecule has 1 atom stereocenters. The van der Waals surface area contributed by atoms with Crippen LogP contribution < -0.4 is 0 Å². The molecule has 0 saturated heterocycles. The van der Waals surface area contributed by atoms with Crippen LogP contribution in [0.4, 0.5) is 4.39 Å². The molecule has 0 saturated carbocycles. The number of rotatable bonds is 13. The summed E-state index contributed by atoms with van der Waals surface area (Å²) in [5.41, 5.74) is 1.73. The first-order valence-corrected chi connectivity index (χ1v) is 12.1. The summed E-state index contributed by atoms with van der Waals surface area (Å²) in [6, 6.07) is 13.9. The molecule has 32 heavy (non-hydrogen) atoms. The molecule has 2 aromatic rings. The van der Waals surface area contributed by atoms with Crippen molar-refractivity contribution in [3.63, 3.8) is 0 Å². The second-order valence-corrected chi connectivity index (χ2v) is 9.06. The summed E-state index contributed by atoms with van der Waals surface area (Å²) in [4.78, 5) is 38.1. The minimum Gasteiger partial charge on any atom is -0.462 e. The van der Waals surface area contributed by atoms with E-state index in [1.807, 2.05) is 30.3 Å². The maximum Gasteiger partial charge on any atom is 0.344 e. The number of hydrogen-bond donors (Lipinski definition) is 0. The van der Waals surface area contributed by atoms with Gasteiger partial charge in [-0.25, -0.2) is 9.18 Å². The fourth-order valence-electron chi connectivity index (χ4n) is 2.57. The van der Waals surface area contributed by atoms with Crippen LogP contribution in [0.1, 0.15) is 18.4 Å². The van der Waals surface area contributed by atoms with E-state index in [0.29, 0.717) is 17.1 Å². The highest BCUT2D eigenvalue weighted by atomic mass is 33.1. The second-order valence-electron chi connectivity index (χ2n) is 6.35. The van der Waals surface area contributed by atoms with Crippen LogP contribution in [-0.2, 0) is 23.9 Å². The molecule has 0 fully saturated rings. The maximum atomic E-state index is 14.6. The summed E-state index contributed by atoms with van der Waals surface area (Å²) >= 11 is 0. The number of hydrogen-bond acceptors (Lipinski definition) is 9. The molecule has 0 N–H and O–H groups in total. The number of nitrogens with zero attached hydrogens (tertiary/aromatic N) is 1. The zero-order chi connectivity index (χ0) is 23.3. The van der Waals surface area contributed by atoms with Gasteiger partial charge < -0.3 is 14.3 Å². The van der Waals surface area contributed by atoms with Gasteiger partial charge in [-0.2, -0.15) is 0 Å². The minimum absolute atomic E-state index is 0.0197. The van der Waals surface area contributed by atoms with Crippen LogP contribution in [0, 0.1) is 15.9 Å². The highest BCUT2D eigenvalue weighted by Crippen LogP contribution is 2.26. The number of carbonyl (C=O) groups excluding carboxylic acids is 2. The first kappa shape index (κ1) is 25.5. The molecule has 2 rings (SSSR count). The lowest BCUT2D eigenvalue weighted by molar-refractivity contribution is -0.756. The summed E-state index contributed by atoms with van der Waals surface area (Å²) < 4.78 is 24.5. The predicted octanol–water partition coefficient (Wildman–Crippen LogP) is 4.27. The van der Waals surface area contributed by atoms with Gasteiger partial charge in [0.1, 0.15) is 19.0 Å². The summed E-state index contributed by atoms with van der Waals surface area (Å²) in [6.45, 7) is 1.01. The Morgan fingerprint density at radius 1 is 1.03 bits per heavy atom. The van der Waals surface area contributed by atoms with Crippen molar-refractivity contribution in [1.82, 2.24) is 0 Å². The van der Waals surface area contributed by atoms with E-state index in [2.05, 4.69) is 4.84 Å². The van der Waals surface area contributed by atoms with Gasteiger partial charge in [0.2, 0.25) is 0 Å². The molecule has 0 aliphatic carbocycles. The van der Waals surface area contributed by atoms with Gasteiger partial charge in [0.05, 0.1) is 5.92 Å². The predicted molar refractivity (Wildman–Crippen MR) is 120 cm³/mol. The molecule has 0 radical (unpaired) electrons. The first-order chi connectivity index (χ1) is 15.4. The van der Waals surface area contributed by atoms with Crippen molar-refractivity contribution in [2.24, 2.45) is 0 Å². The van der Waals surface area contributed by atoms with E-state index in [1.54, 1.807) is 6.07 Å². The van der Waals surface area contributed by atoms with Crippen LogP contribution in [-0.4, -0.2) is 48.4 Å². The Morgan fingerprint density at radius 2 is 1.72 bits per heavy atom. The Labute approximate surface area is 192 Å². The van der Waals surface area contributed by atoms with Crippen molar-refractivity contribution < 1.29 is 33.4 Å². The highest BCUT2D eigenvalue weighted by molar-refractivity contribution is 8.76. The molecule has 0 aromatic heterocycles. The molecular formula is C21H22FNO7S2. The van der Waals surface area contributed by atoms with Crippen molar-refractivity contribution in [3.8, 4) is 11.1 Å². The van der Waals surface area contributed by atoms with Crippen LogP contribution in [0.2, 0.25) is 0 Å². The standard InChI is InChI=1S/C21H22FNO7S2/c1-15(18-8-7-17(13-19(18)22)16-5-3-2-4-6-16)21(25)29-14-20(24)28-9-11-31-32-12-10-30-23(26)27/h2-8,13,15H,9-12,14H2,1H3. The third-order valence-corrected chi connectivity index (χ3v) is 6.47. The lowest BCUT2D eigenvalue weighted by Crippen LogP contribution is -2.21. The quantitative estimate of drug-likeness (QED) is 0.136. The van der Waals surface area contributed by atoms with Gasteiger partial charge in [0.25, 0.3) is 5.09 Å². The van der Waals surface area contributed by atoms with Crippen LogP contribution in [0.15, 0.2) is 48.5 Å². The normalized spacial score (nSPS) is 11.4. The minimum atomic E-state index is -0.888. The van der Waals surface area contributed by atoms with Gasteiger partial charge in [0, 0.05) is 17.1 Å². The molecule has 2 aromatic carbocycles. The van der Waals surface area contributed by atoms with E-state index in [4.69, 9.17) is 9.47 Å². The van der Waals surface area contributed by atoms with Gasteiger partial charge in [-0.15, -0.1) is 10.1 Å². The maximum absolute atomic E-state index is 14.6. The smallest absolute Gasteiger partial charge is 0.344 e. The van der Waals surface area contributed by atoms with Crippen LogP contribution in [0.3, 0.4) is 0 Å². The first-order valence-electron chi connectivity index (χ1n) is 9.57. The van der Waals surface area contributed by atoms with Crippen molar-refractivity contribution >= 4 is 33.5 Å². The molecule has 1 unspecified atom stereocenters. The van der Waals surface area contributed by atoms with E-state index < -0.39 is 35.4 Å². The van der Waals surface area contributed by atoms with Gasteiger partial charge in [0.15, 0.2) is 6.61 Å². The Balaban J connectivity index is 1.70. The van der Waals surface area contributed by atoms with E-state index in [-0.39, 0.29) is 18.8 Å².